The van der Waals surface area contributed by atoms with Gasteiger partial charge in [-0.15, -0.1) is 0 Å². The molecule has 4 fully saturated rings. The van der Waals surface area contributed by atoms with Crippen molar-refractivity contribution < 1.29 is 25.2 Å². The molecule has 0 spiro atoms. The van der Waals surface area contributed by atoms with E-state index in [1.165, 1.54) is 0 Å². The minimum atomic E-state index is -1.88. The molecule has 0 aromatic rings. The highest BCUT2D eigenvalue weighted by molar-refractivity contribution is 5.53. The number of fused-ring (bicyclic) bond motifs is 3. The molecule has 2 aliphatic carbocycles. The summed E-state index contributed by atoms with van der Waals surface area (Å²) in [5.74, 6) is -1.86. The molecule has 2 unspecified atom stereocenters. The van der Waals surface area contributed by atoms with E-state index < -0.39 is 39.5 Å². The lowest BCUT2D eigenvalue weighted by molar-refractivity contribution is -0.287. The van der Waals surface area contributed by atoms with Crippen LogP contribution in [-0.2, 0) is 4.74 Å². The summed E-state index contributed by atoms with van der Waals surface area (Å²) in [6, 6.07) is 0. The number of nitrogens with zero attached hydrogens (tertiary/aromatic N) is 2. The first-order valence-corrected chi connectivity index (χ1v) is 8.65. The maximum Gasteiger partial charge on any atom is 0.207 e. The van der Waals surface area contributed by atoms with Crippen molar-refractivity contribution in [3.63, 3.8) is 0 Å². The molecule has 0 amide bonds. The third kappa shape index (κ3) is 1.27. The van der Waals surface area contributed by atoms with Crippen LogP contribution in [0.2, 0.25) is 0 Å². The summed E-state index contributed by atoms with van der Waals surface area (Å²) < 4.78 is 5.86. The Morgan fingerprint density at radius 2 is 1.50 bits per heavy atom. The number of ether oxygens (including phenoxy) is 1. The van der Waals surface area contributed by atoms with Gasteiger partial charge in [-0.3, -0.25) is 0 Å². The molecule has 7 heteroatoms. The van der Waals surface area contributed by atoms with E-state index in [1.807, 2.05) is 5.01 Å². The predicted octanol–water partition coefficient (Wildman–Crippen LogP) is -0.365. The van der Waals surface area contributed by atoms with Crippen LogP contribution in [0.15, 0.2) is 0 Å². The van der Waals surface area contributed by atoms with Crippen LogP contribution >= 0.6 is 0 Å². The highest BCUT2D eigenvalue weighted by Crippen LogP contribution is 2.86. The number of rotatable bonds is 2. The summed E-state index contributed by atoms with van der Waals surface area (Å²) in [6.45, 7) is 14.1. The Morgan fingerprint density at radius 3 is 1.96 bits per heavy atom. The Morgan fingerprint density at radius 1 is 0.958 bits per heavy atom. The van der Waals surface area contributed by atoms with E-state index in [9.17, 15) is 20.4 Å². The fourth-order valence-corrected chi connectivity index (χ4v) is 5.52. The van der Waals surface area contributed by atoms with Crippen molar-refractivity contribution in [2.45, 2.75) is 82.7 Å². The lowest BCUT2D eigenvalue weighted by Crippen LogP contribution is -2.59. The average Bonchev–Trinajstić information content (AvgIpc) is 3.31. The van der Waals surface area contributed by atoms with E-state index in [0.29, 0.717) is 6.54 Å². The van der Waals surface area contributed by atoms with E-state index in [4.69, 9.17) is 4.74 Å². The quantitative estimate of drug-likeness (QED) is 0.509. The minimum Gasteiger partial charge on any atom is -0.383 e. The van der Waals surface area contributed by atoms with Crippen LogP contribution in [0.1, 0.15) is 48.5 Å². The summed E-state index contributed by atoms with van der Waals surface area (Å²) in [5.41, 5.74) is -7.39. The van der Waals surface area contributed by atoms with Crippen LogP contribution < -0.4 is 0 Å². The second-order valence-corrected chi connectivity index (χ2v) is 10.1. The van der Waals surface area contributed by atoms with Crippen molar-refractivity contribution in [3.8, 4) is 0 Å². The third-order valence-electron chi connectivity index (χ3n) is 7.53. The van der Waals surface area contributed by atoms with E-state index in [-0.39, 0.29) is 5.54 Å². The van der Waals surface area contributed by atoms with Gasteiger partial charge in [-0.25, -0.2) is 10.0 Å². The van der Waals surface area contributed by atoms with Crippen molar-refractivity contribution >= 4 is 0 Å². The first-order valence-electron chi connectivity index (χ1n) is 8.65. The molecule has 24 heavy (non-hydrogen) atoms. The summed E-state index contributed by atoms with van der Waals surface area (Å²) in [6.07, 6.45) is -0.795. The lowest BCUT2D eigenvalue weighted by atomic mass is 9.92. The monoisotopic (exact) mass is 342 g/mol. The lowest BCUT2D eigenvalue weighted by Gasteiger charge is -2.37. The van der Waals surface area contributed by atoms with Gasteiger partial charge >= 0.3 is 0 Å². The van der Waals surface area contributed by atoms with Gasteiger partial charge in [0.2, 0.25) is 5.79 Å². The SMILES string of the molecule is CC(C)(C)N1CN1C[C@H]1O[C@@]2(O)C(C)(C)[C@@]2(O)[C@]2(O)C(C)(C)[C@]12O. The summed E-state index contributed by atoms with van der Waals surface area (Å²) >= 11 is 0. The van der Waals surface area contributed by atoms with Crippen molar-refractivity contribution in [2.75, 3.05) is 13.2 Å². The van der Waals surface area contributed by atoms with Crippen molar-refractivity contribution in [1.82, 2.24) is 10.0 Å². The van der Waals surface area contributed by atoms with Crippen LogP contribution in [0, 0.1) is 10.8 Å². The van der Waals surface area contributed by atoms with E-state index in [1.54, 1.807) is 27.7 Å². The molecule has 0 radical (unpaired) electrons. The maximum absolute atomic E-state index is 11.3. The average molecular weight is 342 g/mol. The van der Waals surface area contributed by atoms with Crippen LogP contribution in [0.25, 0.3) is 0 Å². The molecule has 2 saturated carbocycles. The highest BCUT2D eigenvalue weighted by Gasteiger charge is 3.08. The molecule has 4 aliphatic rings. The molecule has 2 saturated heterocycles. The Balaban J connectivity index is 1.67. The fraction of sp³-hybridized carbons (Fsp3) is 1.00. The van der Waals surface area contributed by atoms with E-state index in [0.717, 1.165) is 6.67 Å². The maximum atomic E-state index is 11.3. The summed E-state index contributed by atoms with van der Waals surface area (Å²) in [7, 11) is 0. The molecule has 7 nitrogen and oxygen atoms in total. The van der Waals surface area contributed by atoms with Crippen LogP contribution in [0.5, 0.6) is 0 Å². The van der Waals surface area contributed by atoms with Crippen molar-refractivity contribution in [1.29, 1.82) is 0 Å². The molecular weight excluding hydrogens is 312 g/mol. The second-order valence-electron chi connectivity index (χ2n) is 10.1. The Hall–Kier alpha value is -0.280. The Bertz CT molecular complexity index is 631. The Labute approximate surface area is 142 Å². The van der Waals surface area contributed by atoms with Gasteiger partial charge in [0.15, 0.2) is 5.60 Å². The van der Waals surface area contributed by atoms with Crippen LogP contribution in [0.4, 0.5) is 0 Å². The number of hydrogen-bond donors (Lipinski definition) is 4. The largest absolute Gasteiger partial charge is 0.383 e. The molecule has 0 aromatic heterocycles. The predicted molar refractivity (Wildman–Crippen MR) is 85.4 cm³/mol. The standard InChI is InChI=1S/C17H30N2O5/c1-11(2,3)19-9-18(19)8-10-14(20)12(4,5)15(14,21)16(22)13(6,7)17(16,23)24-10/h10,20-23H,8-9H2,1-7H3/t10-,14-,15+,16-,17+,18?,19?/m1/s1. The molecule has 4 rings (SSSR count). The zero-order valence-corrected chi connectivity index (χ0v) is 15.6. The zero-order valence-electron chi connectivity index (χ0n) is 15.6. The van der Waals surface area contributed by atoms with Crippen molar-refractivity contribution in [2.24, 2.45) is 10.8 Å². The molecule has 2 aliphatic heterocycles. The van der Waals surface area contributed by atoms with Crippen molar-refractivity contribution in [3.05, 3.63) is 0 Å². The summed E-state index contributed by atoms with van der Waals surface area (Å²) in [4.78, 5) is 0. The van der Waals surface area contributed by atoms with Gasteiger partial charge in [-0.2, -0.15) is 0 Å². The molecular formula is C17H30N2O5. The topological polar surface area (TPSA) is 96.2 Å². The Kier molecular flexibility index (Phi) is 2.65. The minimum absolute atomic E-state index is 0.0385. The zero-order chi connectivity index (χ0) is 18.4. The van der Waals surface area contributed by atoms with E-state index in [2.05, 4.69) is 25.8 Å². The fourth-order valence-electron chi connectivity index (χ4n) is 5.52. The highest BCUT2D eigenvalue weighted by atomic mass is 16.7. The molecule has 0 bridgehead atoms. The number of hydrogen-bond acceptors (Lipinski definition) is 7. The van der Waals surface area contributed by atoms with Gasteiger partial charge in [0, 0.05) is 17.5 Å². The van der Waals surface area contributed by atoms with Gasteiger partial charge in [0.1, 0.15) is 17.3 Å². The first-order chi connectivity index (χ1) is 10.6. The number of hydrazine groups is 1. The van der Waals surface area contributed by atoms with Crippen LogP contribution in [-0.4, -0.2) is 77.9 Å². The van der Waals surface area contributed by atoms with Gasteiger partial charge in [-0.1, -0.05) is 27.7 Å². The van der Waals surface area contributed by atoms with E-state index >= 15 is 0 Å². The first kappa shape index (κ1) is 17.1. The molecule has 138 valence electrons. The second kappa shape index (κ2) is 3.71. The molecule has 2 heterocycles. The molecule has 7 atom stereocenters. The molecule has 0 aromatic carbocycles. The third-order valence-corrected chi connectivity index (χ3v) is 7.53. The van der Waals surface area contributed by atoms with Gasteiger partial charge in [-0.05, 0) is 20.8 Å². The summed E-state index contributed by atoms with van der Waals surface area (Å²) in [5, 5.41) is 48.7. The van der Waals surface area contributed by atoms with Gasteiger partial charge in [0.25, 0.3) is 0 Å². The molecule has 4 N–H and O–H groups in total. The smallest absolute Gasteiger partial charge is 0.207 e. The van der Waals surface area contributed by atoms with Crippen LogP contribution in [0.3, 0.4) is 0 Å². The number of aliphatic hydroxyl groups is 4. The van der Waals surface area contributed by atoms with Gasteiger partial charge in [0.05, 0.1) is 12.1 Å². The normalized spacial score (nSPS) is 59.4. The van der Waals surface area contributed by atoms with Gasteiger partial charge < -0.3 is 25.2 Å².